The molecule has 2 atom stereocenters. The fourth-order valence-electron chi connectivity index (χ4n) is 2.83. The fraction of sp³-hybridized carbons (Fsp3) is 0.235. The molecule has 0 aliphatic carbocycles. The largest absolute Gasteiger partial charge is 0.475 e. The van der Waals surface area contributed by atoms with E-state index in [4.69, 9.17) is 9.52 Å². The van der Waals surface area contributed by atoms with Crippen LogP contribution in [-0.4, -0.2) is 35.0 Å². The molecule has 2 heterocycles. The normalized spacial score (nSPS) is 20.2. The number of carbonyl (C=O) groups excluding carboxylic acids is 2. The van der Waals surface area contributed by atoms with Gasteiger partial charge >= 0.3 is 5.97 Å². The van der Waals surface area contributed by atoms with Crippen LogP contribution in [0.5, 0.6) is 0 Å². The van der Waals surface area contributed by atoms with Gasteiger partial charge in [0, 0.05) is 11.7 Å². The number of hydrogen-bond acceptors (Lipinski definition) is 4. The maximum atomic E-state index is 12.6. The van der Waals surface area contributed by atoms with Crippen LogP contribution in [0.3, 0.4) is 0 Å². The van der Waals surface area contributed by atoms with Crippen molar-refractivity contribution in [2.45, 2.75) is 25.4 Å². The van der Waals surface area contributed by atoms with Crippen molar-refractivity contribution in [3.63, 3.8) is 0 Å². The van der Waals surface area contributed by atoms with Crippen molar-refractivity contribution in [2.75, 3.05) is 4.90 Å². The molecule has 0 bridgehead atoms. The molecule has 1 aliphatic heterocycles. The Bertz CT molecular complexity index is 783. The molecule has 2 N–H and O–H groups in total. The zero-order valence-corrected chi connectivity index (χ0v) is 12.9. The minimum atomic E-state index is -1.25. The molecule has 0 radical (unpaired) electrons. The molecule has 1 aromatic heterocycles. The molecule has 124 valence electrons. The molecular formula is C17H16N2O5. The van der Waals surface area contributed by atoms with E-state index in [0.29, 0.717) is 6.42 Å². The minimum absolute atomic E-state index is 0.0589. The second-order valence-corrected chi connectivity index (χ2v) is 5.62. The first-order valence-corrected chi connectivity index (χ1v) is 7.49. The molecule has 1 fully saturated rings. The summed E-state index contributed by atoms with van der Waals surface area (Å²) in [4.78, 5) is 37.2. The zero-order chi connectivity index (χ0) is 17.3. The summed E-state index contributed by atoms with van der Waals surface area (Å²) in [5, 5.41) is 11.4. The molecule has 0 unspecified atom stereocenters. The summed E-state index contributed by atoms with van der Waals surface area (Å²) in [5.41, 5.74) is 0.776. The van der Waals surface area contributed by atoms with Crippen LogP contribution in [0, 0.1) is 0 Å². The SMILES string of the molecule is C[C@H]1C[C@H](NC(=O)c2ccc(C(=O)O)o2)C(=O)N1c1ccccc1. The fourth-order valence-corrected chi connectivity index (χ4v) is 2.83. The molecule has 2 aromatic rings. The monoisotopic (exact) mass is 328 g/mol. The van der Waals surface area contributed by atoms with Crippen LogP contribution in [-0.2, 0) is 4.79 Å². The summed E-state index contributed by atoms with van der Waals surface area (Å²) in [6.45, 7) is 1.91. The zero-order valence-electron chi connectivity index (χ0n) is 12.9. The van der Waals surface area contributed by atoms with Gasteiger partial charge < -0.3 is 19.7 Å². The van der Waals surface area contributed by atoms with Gasteiger partial charge in [0.15, 0.2) is 5.76 Å². The van der Waals surface area contributed by atoms with Crippen molar-refractivity contribution in [2.24, 2.45) is 0 Å². The van der Waals surface area contributed by atoms with Crippen LogP contribution in [0.4, 0.5) is 5.69 Å². The number of carboxylic acids is 1. The van der Waals surface area contributed by atoms with Crippen molar-refractivity contribution in [3.05, 3.63) is 54.0 Å². The average molecular weight is 328 g/mol. The van der Waals surface area contributed by atoms with E-state index < -0.39 is 17.9 Å². The van der Waals surface area contributed by atoms with Crippen molar-refractivity contribution in [1.82, 2.24) is 5.32 Å². The Balaban J connectivity index is 1.73. The lowest BCUT2D eigenvalue weighted by Gasteiger charge is -2.21. The van der Waals surface area contributed by atoms with E-state index in [-0.39, 0.29) is 23.5 Å². The first kappa shape index (κ1) is 15.8. The highest BCUT2D eigenvalue weighted by Gasteiger charge is 2.39. The summed E-state index contributed by atoms with van der Waals surface area (Å²) >= 11 is 0. The number of carbonyl (C=O) groups is 3. The molecule has 3 rings (SSSR count). The summed E-state index contributed by atoms with van der Waals surface area (Å²) in [6, 6.07) is 11.0. The number of benzene rings is 1. The minimum Gasteiger partial charge on any atom is -0.475 e. The first-order valence-electron chi connectivity index (χ1n) is 7.49. The predicted molar refractivity (Wildman–Crippen MR) is 84.9 cm³/mol. The molecule has 2 amide bonds. The quantitative estimate of drug-likeness (QED) is 0.893. The second kappa shape index (κ2) is 6.19. The molecule has 7 heteroatoms. The van der Waals surface area contributed by atoms with Crippen molar-refractivity contribution >= 4 is 23.5 Å². The van der Waals surface area contributed by atoms with Crippen LogP contribution < -0.4 is 10.2 Å². The number of rotatable bonds is 4. The predicted octanol–water partition coefficient (Wildman–Crippen LogP) is 1.90. The standard InChI is InChI=1S/C17H16N2O5/c1-10-9-12(16(21)19(10)11-5-3-2-4-6-11)18-15(20)13-7-8-14(24-13)17(22)23/h2-8,10,12H,9H2,1H3,(H,18,20)(H,22,23)/t10-,12-/m0/s1. The topological polar surface area (TPSA) is 99.9 Å². The number of furan rings is 1. The summed E-state index contributed by atoms with van der Waals surface area (Å²) < 4.78 is 4.95. The smallest absolute Gasteiger partial charge is 0.371 e. The number of amides is 2. The molecule has 0 saturated carbocycles. The number of hydrogen-bond donors (Lipinski definition) is 2. The lowest BCUT2D eigenvalue weighted by molar-refractivity contribution is -0.118. The maximum absolute atomic E-state index is 12.6. The summed E-state index contributed by atoms with van der Waals surface area (Å²) in [6.07, 6.45) is 0.464. The van der Waals surface area contributed by atoms with Crippen LogP contribution in [0.25, 0.3) is 0 Å². The highest BCUT2D eigenvalue weighted by Crippen LogP contribution is 2.26. The van der Waals surface area contributed by atoms with Crippen molar-refractivity contribution in [3.8, 4) is 0 Å². The Morgan fingerprint density at radius 3 is 2.46 bits per heavy atom. The lowest BCUT2D eigenvalue weighted by Crippen LogP contribution is -2.41. The van der Waals surface area contributed by atoms with E-state index in [9.17, 15) is 14.4 Å². The third-order valence-corrected chi connectivity index (χ3v) is 3.93. The molecule has 0 spiro atoms. The van der Waals surface area contributed by atoms with E-state index in [1.165, 1.54) is 12.1 Å². The van der Waals surface area contributed by atoms with Crippen LogP contribution in [0.2, 0.25) is 0 Å². The molecule has 1 saturated heterocycles. The average Bonchev–Trinajstić information content (AvgIpc) is 3.14. The van der Waals surface area contributed by atoms with Gasteiger partial charge in [-0.25, -0.2) is 4.79 Å². The maximum Gasteiger partial charge on any atom is 0.371 e. The van der Waals surface area contributed by atoms with Gasteiger partial charge in [-0.1, -0.05) is 18.2 Å². The van der Waals surface area contributed by atoms with Crippen LogP contribution in [0.1, 0.15) is 34.5 Å². The van der Waals surface area contributed by atoms with E-state index in [1.54, 1.807) is 4.90 Å². The molecule has 1 aromatic carbocycles. The number of anilines is 1. The van der Waals surface area contributed by atoms with E-state index in [1.807, 2.05) is 37.3 Å². The highest BCUT2D eigenvalue weighted by atomic mass is 16.4. The third-order valence-electron chi connectivity index (χ3n) is 3.93. The van der Waals surface area contributed by atoms with Gasteiger partial charge in [-0.3, -0.25) is 9.59 Å². The van der Waals surface area contributed by atoms with Gasteiger partial charge in [0.2, 0.25) is 11.7 Å². The molecule has 7 nitrogen and oxygen atoms in total. The number of nitrogens with zero attached hydrogens (tertiary/aromatic N) is 1. The Kier molecular flexibility index (Phi) is 4.07. The number of carboxylic acid groups (broad SMARTS) is 1. The second-order valence-electron chi connectivity index (χ2n) is 5.62. The Hall–Kier alpha value is -3.09. The third kappa shape index (κ3) is 2.88. The van der Waals surface area contributed by atoms with Gasteiger partial charge in [0.1, 0.15) is 6.04 Å². The van der Waals surface area contributed by atoms with Gasteiger partial charge in [0.25, 0.3) is 5.91 Å². The van der Waals surface area contributed by atoms with Crippen molar-refractivity contribution in [1.29, 1.82) is 0 Å². The molecule has 1 aliphatic rings. The Morgan fingerprint density at radius 1 is 1.17 bits per heavy atom. The lowest BCUT2D eigenvalue weighted by atomic mass is 10.2. The Morgan fingerprint density at radius 2 is 1.83 bits per heavy atom. The van der Waals surface area contributed by atoms with E-state index in [0.717, 1.165) is 5.69 Å². The van der Waals surface area contributed by atoms with Crippen LogP contribution in [0.15, 0.2) is 46.9 Å². The number of nitrogens with one attached hydrogen (secondary N) is 1. The van der Waals surface area contributed by atoms with Gasteiger partial charge in [-0.05, 0) is 37.6 Å². The first-order chi connectivity index (χ1) is 11.5. The summed E-state index contributed by atoms with van der Waals surface area (Å²) in [5.74, 6) is -2.52. The molecule has 24 heavy (non-hydrogen) atoms. The molecular weight excluding hydrogens is 312 g/mol. The Labute approximate surface area is 137 Å². The highest BCUT2D eigenvalue weighted by molar-refractivity contribution is 6.04. The van der Waals surface area contributed by atoms with Gasteiger partial charge in [-0.2, -0.15) is 0 Å². The van der Waals surface area contributed by atoms with E-state index in [2.05, 4.69) is 5.32 Å². The van der Waals surface area contributed by atoms with Crippen LogP contribution >= 0.6 is 0 Å². The van der Waals surface area contributed by atoms with Gasteiger partial charge in [0.05, 0.1) is 0 Å². The van der Waals surface area contributed by atoms with E-state index >= 15 is 0 Å². The number of aromatic carboxylic acids is 1. The van der Waals surface area contributed by atoms with Crippen molar-refractivity contribution < 1.29 is 23.9 Å². The number of para-hydroxylation sites is 1. The van der Waals surface area contributed by atoms with Gasteiger partial charge in [-0.15, -0.1) is 0 Å². The summed E-state index contributed by atoms with van der Waals surface area (Å²) in [7, 11) is 0.